The Labute approximate surface area is 119 Å². The van der Waals surface area contributed by atoms with Crippen molar-refractivity contribution in [2.75, 3.05) is 12.9 Å². The third-order valence-corrected chi connectivity index (χ3v) is 4.12. The van der Waals surface area contributed by atoms with E-state index in [4.69, 9.17) is 10.5 Å². The summed E-state index contributed by atoms with van der Waals surface area (Å²) in [6.45, 7) is 2.09. The van der Waals surface area contributed by atoms with Gasteiger partial charge in [0.05, 0.1) is 7.11 Å². The van der Waals surface area contributed by atoms with E-state index in [0.29, 0.717) is 0 Å². The summed E-state index contributed by atoms with van der Waals surface area (Å²) in [7, 11) is 1.68. The molecule has 1 atom stereocenters. The molecule has 0 saturated carbocycles. The van der Waals surface area contributed by atoms with Crippen molar-refractivity contribution in [1.29, 1.82) is 0 Å². The number of hydrogen-bond acceptors (Lipinski definition) is 3. The van der Waals surface area contributed by atoms with Crippen LogP contribution in [0.2, 0.25) is 0 Å². The third-order valence-electron chi connectivity index (χ3n) is 2.99. The number of ether oxygens (including phenoxy) is 1. The maximum Gasteiger partial charge on any atom is 0.123 e. The lowest BCUT2D eigenvalue weighted by Gasteiger charge is -2.15. The lowest BCUT2D eigenvalue weighted by Crippen LogP contribution is -2.14. The molecule has 0 bridgehead atoms. The smallest absolute Gasteiger partial charge is 0.123 e. The molecule has 3 heteroatoms. The number of methoxy groups -OCH3 is 1. The molecule has 0 heterocycles. The molecular weight excluding hydrogens is 254 g/mol. The zero-order valence-electron chi connectivity index (χ0n) is 11.3. The summed E-state index contributed by atoms with van der Waals surface area (Å²) >= 11 is 1.77. The van der Waals surface area contributed by atoms with E-state index in [1.807, 2.05) is 24.3 Å². The summed E-state index contributed by atoms with van der Waals surface area (Å²) in [4.78, 5) is 1.25. The van der Waals surface area contributed by atoms with Gasteiger partial charge >= 0.3 is 0 Å². The van der Waals surface area contributed by atoms with E-state index in [-0.39, 0.29) is 6.04 Å². The van der Waals surface area contributed by atoms with Crippen LogP contribution in [0.4, 0.5) is 0 Å². The lowest BCUT2D eigenvalue weighted by molar-refractivity contribution is 0.407. The Morgan fingerprint density at radius 3 is 2.47 bits per heavy atom. The van der Waals surface area contributed by atoms with E-state index < -0.39 is 0 Å². The van der Waals surface area contributed by atoms with Gasteiger partial charge in [-0.05, 0) is 25.1 Å². The number of thioether (sulfide) groups is 1. The highest BCUT2D eigenvalue weighted by Crippen LogP contribution is 2.28. The maximum absolute atomic E-state index is 6.25. The van der Waals surface area contributed by atoms with E-state index in [0.717, 1.165) is 17.1 Å². The van der Waals surface area contributed by atoms with Gasteiger partial charge in [0.15, 0.2) is 0 Å². The van der Waals surface area contributed by atoms with Crippen molar-refractivity contribution >= 4 is 11.8 Å². The van der Waals surface area contributed by atoms with Crippen molar-refractivity contribution in [3.05, 3.63) is 59.7 Å². The number of hydrogen-bond donors (Lipinski definition) is 1. The normalized spacial score (nSPS) is 12.2. The van der Waals surface area contributed by atoms with E-state index in [1.54, 1.807) is 18.9 Å². The first-order chi connectivity index (χ1) is 9.20. The molecule has 0 fully saturated rings. The van der Waals surface area contributed by atoms with Gasteiger partial charge in [-0.3, -0.25) is 0 Å². The summed E-state index contributed by atoms with van der Waals surface area (Å²) in [6.07, 6.45) is 0. The van der Waals surface area contributed by atoms with Gasteiger partial charge < -0.3 is 10.5 Å². The minimum atomic E-state index is -0.0255. The van der Waals surface area contributed by atoms with Crippen LogP contribution in [0, 0.1) is 6.92 Å². The Bertz CT molecular complexity index is 525. The van der Waals surface area contributed by atoms with Gasteiger partial charge in [0, 0.05) is 22.3 Å². The molecule has 0 amide bonds. The zero-order chi connectivity index (χ0) is 13.7. The van der Waals surface area contributed by atoms with Gasteiger partial charge in [-0.1, -0.05) is 35.9 Å². The fourth-order valence-corrected chi connectivity index (χ4v) is 2.76. The molecule has 19 heavy (non-hydrogen) atoms. The third kappa shape index (κ3) is 3.75. The van der Waals surface area contributed by atoms with Crippen LogP contribution in [0.25, 0.3) is 0 Å². The first kappa shape index (κ1) is 14.0. The van der Waals surface area contributed by atoms with Crippen molar-refractivity contribution in [3.8, 4) is 5.75 Å². The van der Waals surface area contributed by atoms with Crippen molar-refractivity contribution < 1.29 is 4.74 Å². The predicted octanol–water partition coefficient (Wildman–Crippen LogP) is 3.80. The quantitative estimate of drug-likeness (QED) is 0.842. The molecule has 2 nitrogen and oxygen atoms in total. The summed E-state index contributed by atoms with van der Waals surface area (Å²) in [5.41, 5.74) is 8.58. The van der Waals surface area contributed by atoms with Gasteiger partial charge in [-0.15, -0.1) is 11.8 Å². The van der Waals surface area contributed by atoms with E-state index in [1.165, 1.54) is 10.5 Å². The highest BCUT2D eigenvalue weighted by atomic mass is 32.2. The van der Waals surface area contributed by atoms with Gasteiger partial charge in [0.25, 0.3) is 0 Å². The van der Waals surface area contributed by atoms with Crippen LogP contribution in [-0.4, -0.2) is 12.9 Å². The lowest BCUT2D eigenvalue weighted by atomic mass is 10.1. The van der Waals surface area contributed by atoms with E-state index in [2.05, 4.69) is 31.2 Å². The average Bonchev–Trinajstić information content (AvgIpc) is 2.46. The molecule has 0 saturated heterocycles. The zero-order valence-corrected chi connectivity index (χ0v) is 12.1. The van der Waals surface area contributed by atoms with Gasteiger partial charge in [0.2, 0.25) is 0 Å². The van der Waals surface area contributed by atoms with E-state index in [9.17, 15) is 0 Å². The van der Waals surface area contributed by atoms with Crippen molar-refractivity contribution in [3.63, 3.8) is 0 Å². The molecule has 2 aromatic rings. The number of para-hydroxylation sites is 1. The Hall–Kier alpha value is -1.45. The molecule has 2 rings (SSSR count). The molecule has 100 valence electrons. The number of aryl methyl sites for hydroxylation is 1. The Morgan fingerprint density at radius 1 is 1.11 bits per heavy atom. The Morgan fingerprint density at radius 2 is 1.79 bits per heavy atom. The van der Waals surface area contributed by atoms with Crippen LogP contribution < -0.4 is 10.5 Å². The van der Waals surface area contributed by atoms with Gasteiger partial charge in [-0.2, -0.15) is 0 Å². The minimum Gasteiger partial charge on any atom is -0.496 e. The molecule has 2 aromatic carbocycles. The van der Waals surface area contributed by atoms with Crippen molar-refractivity contribution in [2.24, 2.45) is 5.73 Å². The molecule has 0 aliphatic rings. The molecule has 0 aromatic heterocycles. The summed E-state index contributed by atoms with van der Waals surface area (Å²) < 4.78 is 5.34. The summed E-state index contributed by atoms with van der Waals surface area (Å²) in [5.74, 6) is 1.70. The number of nitrogens with two attached hydrogens (primary N) is 1. The molecule has 0 radical (unpaired) electrons. The maximum atomic E-state index is 6.25. The largest absolute Gasteiger partial charge is 0.496 e. The number of benzene rings is 2. The second-order valence-corrected chi connectivity index (χ2v) is 5.57. The molecule has 2 N–H and O–H groups in total. The Balaban J connectivity index is 2.01. The second-order valence-electron chi connectivity index (χ2n) is 4.47. The first-order valence-electron chi connectivity index (χ1n) is 6.28. The first-order valence-corrected chi connectivity index (χ1v) is 7.27. The fraction of sp³-hybridized carbons (Fsp3) is 0.250. The second kappa shape index (κ2) is 6.64. The summed E-state index contributed by atoms with van der Waals surface area (Å²) in [6, 6.07) is 16.4. The van der Waals surface area contributed by atoms with Crippen LogP contribution >= 0.6 is 11.8 Å². The highest BCUT2D eigenvalue weighted by Gasteiger charge is 2.11. The minimum absolute atomic E-state index is 0.0255. The highest BCUT2D eigenvalue weighted by molar-refractivity contribution is 7.99. The van der Waals surface area contributed by atoms with Crippen molar-refractivity contribution in [1.82, 2.24) is 0 Å². The van der Waals surface area contributed by atoms with Crippen LogP contribution in [0.3, 0.4) is 0 Å². The van der Waals surface area contributed by atoms with Crippen LogP contribution in [-0.2, 0) is 0 Å². The molecular formula is C16H19NOS. The van der Waals surface area contributed by atoms with E-state index >= 15 is 0 Å². The molecule has 0 aliphatic carbocycles. The molecule has 0 spiro atoms. The average molecular weight is 273 g/mol. The SMILES string of the molecule is COc1ccccc1C(N)CSc1ccc(C)cc1. The standard InChI is InChI=1S/C16H19NOS/c1-12-7-9-13(10-8-12)19-11-15(17)14-5-3-4-6-16(14)18-2/h3-10,15H,11,17H2,1-2H3. The number of rotatable bonds is 5. The molecule has 1 unspecified atom stereocenters. The Kier molecular flexibility index (Phi) is 4.88. The van der Waals surface area contributed by atoms with Crippen LogP contribution in [0.1, 0.15) is 17.2 Å². The van der Waals surface area contributed by atoms with Crippen molar-refractivity contribution in [2.45, 2.75) is 17.9 Å². The van der Waals surface area contributed by atoms with Crippen LogP contribution in [0.5, 0.6) is 5.75 Å². The topological polar surface area (TPSA) is 35.2 Å². The van der Waals surface area contributed by atoms with Crippen LogP contribution in [0.15, 0.2) is 53.4 Å². The molecule has 0 aliphatic heterocycles. The fourth-order valence-electron chi connectivity index (χ4n) is 1.88. The predicted molar refractivity (Wildman–Crippen MR) is 81.8 cm³/mol. The summed E-state index contributed by atoms with van der Waals surface area (Å²) in [5, 5.41) is 0. The van der Waals surface area contributed by atoms with Gasteiger partial charge in [-0.25, -0.2) is 0 Å². The monoisotopic (exact) mass is 273 g/mol. The van der Waals surface area contributed by atoms with Gasteiger partial charge in [0.1, 0.15) is 5.75 Å².